The maximum Gasteiger partial charge on any atom is 0.0830 e. The van der Waals surface area contributed by atoms with Gasteiger partial charge in [0.15, 0.2) is 0 Å². The average molecular weight is 226 g/mol. The van der Waals surface area contributed by atoms with Gasteiger partial charge in [-0.1, -0.05) is 66.0 Å². The van der Waals surface area contributed by atoms with Crippen molar-refractivity contribution >= 4 is 44.6 Å². The molecule has 13 heavy (non-hydrogen) atoms. The predicted octanol–water partition coefficient (Wildman–Crippen LogP) is 3.75. The van der Waals surface area contributed by atoms with Crippen LogP contribution in [-0.2, 0) is 0 Å². The number of thioether (sulfide) groups is 1. The summed E-state index contributed by atoms with van der Waals surface area (Å²) in [5.41, 5.74) is 2.32. The Morgan fingerprint density at radius 2 is 1.69 bits per heavy atom. The second-order valence-corrected chi connectivity index (χ2v) is 5.51. The van der Waals surface area contributed by atoms with Crippen molar-refractivity contribution in [3.05, 3.63) is 35.4 Å². The van der Waals surface area contributed by atoms with Crippen LogP contribution >= 0.6 is 36.2 Å². The maximum atomic E-state index is 5.22. The van der Waals surface area contributed by atoms with Crippen LogP contribution in [0.4, 0.5) is 0 Å². The van der Waals surface area contributed by atoms with Crippen molar-refractivity contribution in [3.63, 3.8) is 0 Å². The summed E-state index contributed by atoms with van der Waals surface area (Å²) in [5.74, 6) is 0. The molecule has 0 aromatic heterocycles. The fraction of sp³-hybridized carbons (Fsp3) is 0.200. The van der Waals surface area contributed by atoms with Crippen molar-refractivity contribution in [3.8, 4) is 0 Å². The van der Waals surface area contributed by atoms with Gasteiger partial charge >= 0.3 is 0 Å². The van der Waals surface area contributed by atoms with E-state index in [1.807, 2.05) is 19.1 Å². The van der Waals surface area contributed by atoms with Crippen LogP contribution in [-0.4, -0.2) is 8.39 Å². The fourth-order valence-corrected chi connectivity index (χ4v) is 2.31. The number of aryl methyl sites for hydroxylation is 1. The Morgan fingerprint density at radius 1 is 1.15 bits per heavy atom. The van der Waals surface area contributed by atoms with Crippen molar-refractivity contribution in [2.45, 2.75) is 13.8 Å². The molecule has 1 aromatic carbocycles. The lowest BCUT2D eigenvalue weighted by atomic mass is 10.2. The molecular formula is C10H10S3. The second-order valence-electron chi connectivity index (χ2n) is 2.75. The minimum Gasteiger partial charge on any atom is -0.0773 e. The Labute approximate surface area is 93.7 Å². The monoisotopic (exact) mass is 226 g/mol. The zero-order valence-electron chi connectivity index (χ0n) is 7.53. The molecule has 0 nitrogen and oxygen atoms in total. The normalized spacial score (nSPS) is 9.69. The third kappa shape index (κ3) is 3.55. The first-order valence-electron chi connectivity index (χ1n) is 3.89. The Bertz CT molecular complexity index is 325. The van der Waals surface area contributed by atoms with Crippen LogP contribution in [0.1, 0.15) is 18.1 Å². The highest BCUT2D eigenvalue weighted by Crippen LogP contribution is 2.16. The molecule has 68 valence electrons. The van der Waals surface area contributed by atoms with Crippen LogP contribution in [0.15, 0.2) is 24.3 Å². The van der Waals surface area contributed by atoms with E-state index < -0.39 is 0 Å². The van der Waals surface area contributed by atoms with Crippen LogP contribution in [0.3, 0.4) is 0 Å². The van der Waals surface area contributed by atoms with E-state index in [1.165, 1.54) is 17.3 Å². The van der Waals surface area contributed by atoms with Crippen LogP contribution < -0.4 is 0 Å². The van der Waals surface area contributed by atoms with Crippen molar-refractivity contribution < 1.29 is 0 Å². The molecule has 0 spiro atoms. The molecular weight excluding hydrogens is 216 g/mol. The molecule has 0 N–H and O–H groups in total. The summed E-state index contributed by atoms with van der Waals surface area (Å²) in [4.78, 5) is 0. The maximum absolute atomic E-state index is 5.22. The van der Waals surface area contributed by atoms with Gasteiger partial charge in [-0.15, -0.1) is 0 Å². The number of hydrogen-bond donors (Lipinski definition) is 0. The van der Waals surface area contributed by atoms with Gasteiger partial charge in [0, 0.05) is 0 Å². The topological polar surface area (TPSA) is 0 Å². The average Bonchev–Trinajstić information content (AvgIpc) is 2.04. The Kier molecular flexibility index (Phi) is 4.03. The molecule has 0 fully saturated rings. The van der Waals surface area contributed by atoms with Gasteiger partial charge in [-0.25, -0.2) is 0 Å². The third-order valence-electron chi connectivity index (χ3n) is 1.52. The summed E-state index contributed by atoms with van der Waals surface area (Å²) in [5, 5.41) is 0. The van der Waals surface area contributed by atoms with Gasteiger partial charge in [-0.05, 0) is 19.4 Å². The molecule has 0 aliphatic rings. The molecule has 1 aromatic rings. The summed E-state index contributed by atoms with van der Waals surface area (Å²) < 4.78 is 1.72. The minimum absolute atomic E-state index is 0.854. The SMILES string of the molecule is CC(=S)SC(=S)c1ccc(C)cc1. The smallest absolute Gasteiger partial charge is 0.0773 e. The summed E-state index contributed by atoms with van der Waals surface area (Å²) in [6, 6.07) is 8.17. The summed E-state index contributed by atoms with van der Waals surface area (Å²) in [7, 11) is 0. The molecule has 0 amide bonds. The molecule has 0 unspecified atom stereocenters. The second kappa shape index (κ2) is 4.84. The molecule has 0 saturated carbocycles. The molecule has 0 bridgehead atoms. The molecule has 0 atom stereocenters. The van der Waals surface area contributed by atoms with E-state index in [9.17, 15) is 0 Å². The van der Waals surface area contributed by atoms with Crippen LogP contribution in [0.2, 0.25) is 0 Å². The summed E-state index contributed by atoms with van der Waals surface area (Å²) in [6.45, 7) is 3.95. The number of thiocarbonyl (C=S) groups is 2. The Morgan fingerprint density at radius 3 is 2.15 bits per heavy atom. The number of benzene rings is 1. The van der Waals surface area contributed by atoms with Crippen molar-refractivity contribution in [1.82, 2.24) is 0 Å². The number of hydrogen-bond acceptors (Lipinski definition) is 3. The van der Waals surface area contributed by atoms with Crippen LogP contribution in [0.5, 0.6) is 0 Å². The van der Waals surface area contributed by atoms with Gasteiger partial charge in [0.2, 0.25) is 0 Å². The van der Waals surface area contributed by atoms with Gasteiger partial charge in [0.1, 0.15) is 0 Å². The summed E-state index contributed by atoms with van der Waals surface area (Å²) >= 11 is 11.7. The van der Waals surface area contributed by atoms with Crippen LogP contribution in [0.25, 0.3) is 0 Å². The van der Waals surface area contributed by atoms with Gasteiger partial charge in [0.25, 0.3) is 0 Å². The summed E-state index contributed by atoms with van der Waals surface area (Å²) in [6.07, 6.45) is 0. The quantitative estimate of drug-likeness (QED) is 0.669. The van der Waals surface area contributed by atoms with E-state index in [4.69, 9.17) is 24.4 Å². The fourth-order valence-electron chi connectivity index (χ4n) is 0.879. The zero-order valence-corrected chi connectivity index (χ0v) is 9.98. The van der Waals surface area contributed by atoms with E-state index in [2.05, 4.69) is 19.1 Å². The zero-order chi connectivity index (χ0) is 9.84. The molecule has 3 heteroatoms. The highest BCUT2D eigenvalue weighted by molar-refractivity contribution is 8.38. The van der Waals surface area contributed by atoms with Gasteiger partial charge < -0.3 is 0 Å². The standard InChI is InChI=1S/C10H10S3/c1-7-3-5-9(6-4-7)10(12)13-8(2)11/h3-6H,1-2H3. The Balaban J connectivity index is 2.78. The number of rotatable bonds is 1. The lowest BCUT2D eigenvalue weighted by Crippen LogP contribution is -1.93. The minimum atomic E-state index is 0.854. The first-order chi connectivity index (χ1) is 6.09. The van der Waals surface area contributed by atoms with Gasteiger partial charge in [-0.2, -0.15) is 0 Å². The first-order valence-corrected chi connectivity index (χ1v) is 5.52. The van der Waals surface area contributed by atoms with Crippen molar-refractivity contribution in [2.24, 2.45) is 0 Å². The Hall–Kier alpha value is -0.250. The molecule has 0 heterocycles. The molecule has 0 saturated heterocycles. The highest BCUT2D eigenvalue weighted by atomic mass is 32.2. The van der Waals surface area contributed by atoms with Gasteiger partial charge in [-0.3, -0.25) is 0 Å². The third-order valence-corrected chi connectivity index (χ3v) is 2.97. The lowest BCUT2D eigenvalue weighted by molar-refractivity contribution is 1.47. The molecule has 1 rings (SSSR count). The first kappa shape index (κ1) is 10.8. The molecule has 0 radical (unpaired) electrons. The molecule has 0 aliphatic carbocycles. The van der Waals surface area contributed by atoms with Crippen molar-refractivity contribution in [2.75, 3.05) is 0 Å². The van der Waals surface area contributed by atoms with E-state index >= 15 is 0 Å². The van der Waals surface area contributed by atoms with E-state index in [-0.39, 0.29) is 0 Å². The van der Waals surface area contributed by atoms with E-state index in [0.29, 0.717) is 0 Å². The highest BCUT2D eigenvalue weighted by Gasteiger charge is 2.01. The van der Waals surface area contributed by atoms with E-state index in [0.717, 1.165) is 14.0 Å². The van der Waals surface area contributed by atoms with Gasteiger partial charge in [0.05, 0.1) is 8.39 Å². The lowest BCUT2D eigenvalue weighted by Gasteiger charge is -2.01. The largest absolute Gasteiger partial charge is 0.0830 e. The van der Waals surface area contributed by atoms with Crippen LogP contribution in [0, 0.1) is 6.92 Å². The predicted molar refractivity (Wildman–Crippen MR) is 68.7 cm³/mol. The van der Waals surface area contributed by atoms with E-state index in [1.54, 1.807) is 0 Å². The molecule has 0 aliphatic heterocycles. The van der Waals surface area contributed by atoms with Crippen molar-refractivity contribution in [1.29, 1.82) is 0 Å².